The predicted octanol–water partition coefficient (Wildman–Crippen LogP) is 2.97. The van der Waals surface area contributed by atoms with Crippen LogP contribution in [0.25, 0.3) is 11.4 Å². The fourth-order valence-corrected chi connectivity index (χ4v) is 3.55. The molecule has 0 spiro atoms. The van der Waals surface area contributed by atoms with Crippen molar-refractivity contribution in [2.75, 3.05) is 19.4 Å². The molecule has 0 aliphatic carbocycles. The van der Waals surface area contributed by atoms with Gasteiger partial charge >= 0.3 is 0 Å². The van der Waals surface area contributed by atoms with Crippen LogP contribution in [0.3, 0.4) is 0 Å². The van der Waals surface area contributed by atoms with Gasteiger partial charge in [0.15, 0.2) is 5.82 Å². The van der Waals surface area contributed by atoms with Gasteiger partial charge in [-0.1, -0.05) is 11.8 Å². The van der Waals surface area contributed by atoms with Crippen LogP contribution in [0.5, 0.6) is 5.75 Å². The molecule has 1 aliphatic rings. The fraction of sp³-hybridized carbons (Fsp3) is 0.471. The number of ether oxygens (including phenoxy) is 1. The number of amides is 1. The number of H-pyrrole nitrogens is 1. The van der Waals surface area contributed by atoms with Crippen molar-refractivity contribution in [2.24, 2.45) is 0 Å². The molecule has 1 unspecified atom stereocenters. The summed E-state index contributed by atoms with van der Waals surface area (Å²) in [4.78, 5) is 18.8. The first-order valence-electron chi connectivity index (χ1n) is 8.16. The molecule has 1 amide bonds. The molecule has 6 nitrogen and oxygen atoms in total. The molecule has 0 saturated carbocycles. The van der Waals surface area contributed by atoms with E-state index in [0.29, 0.717) is 22.8 Å². The Morgan fingerprint density at radius 1 is 1.38 bits per heavy atom. The van der Waals surface area contributed by atoms with Gasteiger partial charge < -0.3 is 9.64 Å². The van der Waals surface area contributed by atoms with Gasteiger partial charge in [-0.2, -0.15) is 0 Å². The molecular formula is C17H22N4O2S. The maximum Gasteiger partial charge on any atom is 0.233 e. The maximum atomic E-state index is 12.4. The third kappa shape index (κ3) is 3.90. The first-order valence-corrected chi connectivity index (χ1v) is 9.15. The Labute approximate surface area is 146 Å². The second-order valence-electron chi connectivity index (χ2n) is 5.92. The lowest BCUT2D eigenvalue weighted by Crippen LogP contribution is -2.42. The molecule has 1 aromatic heterocycles. The summed E-state index contributed by atoms with van der Waals surface area (Å²) in [6.45, 7) is 2.99. The lowest BCUT2D eigenvalue weighted by molar-refractivity contribution is -0.131. The van der Waals surface area contributed by atoms with Gasteiger partial charge in [0.2, 0.25) is 11.1 Å². The van der Waals surface area contributed by atoms with Crippen molar-refractivity contribution in [3.63, 3.8) is 0 Å². The zero-order valence-corrected chi connectivity index (χ0v) is 14.8. The highest BCUT2D eigenvalue weighted by atomic mass is 32.2. The highest BCUT2D eigenvalue weighted by Gasteiger charge is 2.23. The lowest BCUT2D eigenvalue weighted by Gasteiger charge is -2.33. The standard InChI is InChI=1S/C17H22N4O2S/c1-12-5-3-4-10-21(12)15(22)11-24-17-18-16(19-20-17)13-6-8-14(23-2)9-7-13/h6-9,12H,3-5,10-11H2,1-2H3,(H,18,19,20). The molecule has 1 aliphatic heterocycles. The Hall–Kier alpha value is -2.02. The van der Waals surface area contributed by atoms with Gasteiger partial charge in [0.25, 0.3) is 0 Å². The smallest absolute Gasteiger partial charge is 0.233 e. The van der Waals surface area contributed by atoms with E-state index in [2.05, 4.69) is 22.1 Å². The van der Waals surface area contributed by atoms with E-state index in [1.54, 1.807) is 7.11 Å². The maximum absolute atomic E-state index is 12.4. The number of nitrogens with one attached hydrogen (secondary N) is 1. The van der Waals surface area contributed by atoms with Crippen LogP contribution in [0.2, 0.25) is 0 Å². The molecule has 0 bridgehead atoms. The van der Waals surface area contributed by atoms with Crippen LogP contribution in [-0.4, -0.2) is 51.4 Å². The molecule has 1 aromatic carbocycles. The Bertz CT molecular complexity index is 686. The number of aromatic amines is 1. The predicted molar refractivity (Wildman–Crippen MR) is 94.1 cm³/mol. The van der Waals surface area contributed by atoms with Crippen molar-refractivity contribution < 1.29 is 9.53 Å². The van der Waals surface area contributed by atoms with Gasteiger partial charge in [0, 0.05) is 18.2 Å². The van der Waals surface area contributed by atoms with E-state index in [1.807, 2.05) is 29.2 Å². The van der Waals surface area contributed by atoms with Crippen LogP contribution in [0, 0.1) is 0 Å². The molecule has 1 atom stereocenters. The van der Waals surface area contributed by atoms with Crippen LogP contribution in [0.1, 0.15) is 26.2 Å². The first kappa shape index (κ1) is 16.8. The van der Waals surface area contributed by atoms with E-state index < -0.39 is 0 Å². The second kappa shape index (κ2) is 7.70. The first-order chi connectivity index (χ1) is 11.7. The molecule has 0 radical (unpaired) electrons. The number of aromatic nitrogens is 3. The molecule has 1 N–H and O–H groups in total. The zero-order chi connectivity index (χ0) is 16.9. The lowest BCUT2D eigenvalue weighted by atomic mass is 10.0. The second-order valence-corrected chi connectivity index (χ2v) is 6.86. The van der Waals surface area contributed by atoms with Gasteiger partial charge in [0.1, 0.15) is 5.75 Å². The number of hydrogen-bond donors (Lipinski definition) is 1. The largest absolute Gasteiger partial charge is 0.497 e. The summed E-state index contributed by atoms with van der Waals surface area (Å²) >= 11 is 1.38. The van der Waals surface area contributed by atoms with E-state index >= 15 is 0 Å². The summed E-state index contributed by atoms with van der Waals surface area (Å²) < 4.78 is 5.15. The van der Waals surface area contributed by atoms with Crippen molar-refractivity contribution in [1.29, 1.82) is 0 Å². The Morgan fingerprint density at radius 2 is 2.17 bits per heavy atom. The summed E-state index contributed by atoms with van der Waals surface area (Å²) in [6, 6.07) is 7.95. The van der Waals surface area contributed by atoms with Crippen LogP contribution < -0.4 is 4.74 Å². The molecule has 2 aromatic rings. The fourth-order valence-electron chi connectivity index (χ4n) is 2.87. The van der Waals surface area contributed by atoms with Crippen molar-refractivity contribution in [2.45, 2.75) is 37.4 Å². The van der Waals surface area contributed by atoms with E-state index in [9.17, 15) is 4.79 Å². The van der Waals surface area contributed by atoms with Gasteiger partial charge in [-0.25, -0.2) is 4.98 Å². The Kier molecular flexibility index (Phi) is 5.40. The van der Waals surface area contributed by atoms with Crippen molar-refractivity contribution >= 4 is 17.7 Å². The van der Waals surface area contributed by atoms with Crippen LogP contribution >= 0.6 is 11.8 Å². The van der Waals surface area contributed by atoms with Gasteiger partial charge in [-0.3, -0.25) is 9.89 Å². The van der Waals surface area contributed by atoms with E-state index in [1.165, 1.54) is 18.2 Å². The average Bonchev–Trinajstić information content (AvgIpc) is 3.09. The number of nitrogens with zero attached hydrogens (tertiary/aromatic N) is 3. The van der Waals surface area contributed by atoms with Gasteiger partial charge in [-0.05, 0) is 50.5 Å². The van der Waals surface area contributed by atoms with Crippen LogP contribution in [0.15, 0.2) is 29.4 Å². The Morgan fingerprint density at radius 3 is 2.88 bits per heavy atom. The summed E-state index contributed by atoms with van der Waals surface area (Å²) in [6.07, 6.45) is 3.41. The molecule has 1 fully saturated rings. The van der Waals surface area contributed by atoms with Crippen LogP contribution in [-0.2, 0) is 4.79 Å². The molecule has 128 valence electrons. The number of benzene rings is 1. The Balaban J connectivity index is 1.58. The minimum absolute atomic E-state index is 0.169. The quantitative estimate of drug-likeness (QED) is 0.843. The van der Waals surface area contributed by atoms with Crippen molar-refractivity contribution in [3.8, 4) is 17.1 Å². The number of thioether (sulfide) groups is 1. The zero-order valence-electron chi connectivity index (χ0n) is 14.0. The summed E-state index contributed by atoms with van der Waals surface area (Å²) in [5.74, 6) is 2.04. The number of likely N-dealkylation sites (tertiary alicyclic amines) is 1. The molecule has 7 heteroatoms. The number of carbonyl (C=O) groups excluding carboxylic acids is 1. The van der Waals surface area contributed by atoms with Gasteiger partial charge in [-0.15, -0.1) is 5.10 Å². The molecular weight excluding hydrogens is 324 g/mol. The average molecular weight is 346 g/mol. The summed E-state index contributed by atoms with van der Waals surface area (Å²) in [7, 11) is 1.64. The third-order valence-electron chi connectivity index (χ3n) is 4.28. The van der Waals surface area contributed by atoms with E-state index in [0.717, 1.165) is 30.7 Å². The highest BCUT2D eigenvalue weighted by molar-refractivity contribution is 7.99. The summed E-state index contributed by atoms with van der Waals surface area (Å²) in [5, 5.41) is 7.72. The molecule has 24 heavy (non-hydrogen) atoms. The monoisotopic (exact) mass is 346 g/mol. The molecule has 1 saturated heterocycles. The number of carbonyl (C=O) groups is 1. The molecule has 3 rings (SSSR count). The normalized spacial score (nSPS) is 17.8. The van der Waals surface area contributed by atoms with Gasteiger partial charge in [0.05, 0.1) is 12.9 Å². The van der Waals surface area contributed by atoms with E-state index in [4.69, 9.17) is 4.74 Å². The van der Waals surface area contributed by atoms with E-state index in [-0.39, 0.29) is 5.91 Å². The third-order valence-corrected chi connectivity index (χ3v) is 5.11. The van der Waals surface area contributed by atoms with Crippen LogP contribution in [0.4, 0.5) is 0 Å². The minimum atomic E-state index is 0.169. The SMILES string of the molecule is COc1ccc(-c2nc(SCC(=O)N3CCCCC3C)n[nH]2)cc1. The number of rotatable bonds is 5. The minimum Gasteiger partial charge on any atom is -0.497 e. The number of piperidine rings is 1. The van der Waals surface area contributed by atoms with Crippen molar-refractivity contribution in [1.82, 2.24) is 20.1 Å². The van der Waals surface area contributed by atoms with Crippen molar-refractivity contribution in [3.05, 3.63) is 24.3 Å². The summed E-state index contributed by atoms with van der Waals surface area (Å²) in [5.41, 5.74) is 0.936. The number of hydrogen-bond acceptors (Lipinski definition) is 5. The topological polar surface area (TPSA) is 71.1 Å². The highest BCUT2D eigenvalue weighted by Crippen LogP contribution is 2.23. The molecule has 2 heterocycles. The number of methoxy groups -OCH3 is 1.